The summed E-state index contributed by atoms with van der Waals surface area (Å²) in [5.41, 5.74) is 3.27. The smallest absolute Gasteiger partial charge is 0.255 e. The molecule has 6 heteroatoms. The van der Waals surface area contributed by atoms with Crippen LogP contribution >= 0.6 is 24.0 Å². The second-order valence-corrected chi connectivity index (χ2v) is 9.62. The van der Waals surface area contributed by atoms with Crippen molar-refractivity contribution in [3.05, 3.63) is 59.2 Å². The molecule has 4 nitrogen and oxygen atoms in total. The van der Waals surface area contributed by atoms with Crippen LogP contribution in [0.4, 0.5) is 5.69 Å². The summed E-state index contributed by atoms with van der Waals surface area (Å²) in [4.78, 5) is 13.5. The van der Waals surface area contributed by atoms with Gasteiger partial charge in [-0.2, -0.15) is 11.8 Å². The minimum Gasteiger partial charge on any atom is -0.494 e. The van der Waals surface area contributed by atoms with E-state index in [9.17, 15) is 4.79 Å². The van der Waals surface area contributed by atoms with Crippen LogP contribution in [0.25, 0.3) is 0 Å². The molecule has 2 aromatic carbocycles. The van der Waals surface area contributed by atoms with Crippen LogP contribution in [0.5, 0.6) is 5.75 Å². The number of hydrogen-bond acceptors (Lipinski definition) is 4. The fraction of sp³-hybridized carbons (Fsp3) is 0.481. The number of thioether (sulfide) groups is 1. The van der Waals surface area contributed by atoms with Crippen LogP contribution in [-0.4, -0.2) is 36.1 Å². The van der Waals surface area contributed by atoms with Crippen molar-refractivity contribution in [3.8, 4) is 5.75 Å². The average Bonchev–Trinajstić information content (AvgIpc) is 2.82. The quantitative estimate of drug-likeness (QED) is 0.210. The standard InChI is InChI=1S/C27H38N2O2S2/c1-4-5-6-7-8-9-10-18-31-24-15-13-22(14-16-24)26(30)29-25-20-23(12-11-21(25)2)27(32)28-17-19-33-3/h11-16,20H,4-10,17-19H2,1-3H3,(H,28,32)(H,29,30). The molecule has 2 N–H and O–H groups in total. The maximum atomic E-state index is 12.8. The van der Waals surface area contributed by atoms with E-state index in [1.807, 2.05) is 49.4 Å². The molecule has 0 heterocycles. The molecule has 0 aliphatic heterocycles. The third kappa shape index (κ3) is 10.2. The van der Waals surface area contributed by atoms with E-state index in [4.69, 9.17) is 17.0 Å². The van der Waals surface area contributed by atoms with Crippen molar-refractivity contribution in [2.24, 2.45) is 0 Å². The van der Waals surface area contributed by atoms with Gasteiger partial charge in [0, 0.05) is 29.1 Å². The van der Waals surface area contributed by atoms with Gasteiger partial charge in [-0.15, -0.1) is 0 Å². The first kappa shape index (κ1) is 27.2. The largest absolute Gasteiger partial charge is 0.494 e. The number of ether oxygens (including phenoxy) is 1. The molecule has 180 valence electrons. The van der Waals surface area contributed by atoms with Gasteiger partial charge in [0.25, 0.3) is 5.91 Å². The Labute approximate surface area is 209 Å². The zero-order valence-electron chi connectivity index (χ0n) is 20.2. The van der Waals surface area contributed by atoms with Gasteiger partial charge in [-0.25, -0.2) is 0 Å². The number of thiocarbonyl (C=S) groups is 1. The van der Waals surface area contributed by atoms with Gasteiger partial charge in [-0.1, -0.05) is 69.8 Å². The summed E-state index contributed by atoms with van der Waals surface area (Å²) in [5.74, 6) is 1.65. The first-order valence-electron chi connectivity index (χ1n) is 12.0. The van der Waals surface area contributed by atoms with Gasteiger partial charge in [0.15, 0.2) is 0 Å². The van der Waals surface area contributed by atoms with Crippen molar-refractivity contribution in [1.29, 1.82) is 0 Å². The lowest BCUT2D eigenvalue weighted by Gasteiger charge is -2.13. The van der Waals surface area contributed by atoms with Crippen molar-refractivity contribution < 1.29 is 9.53 Å². The van der Waals surface area contributed by atoms with Crippen LogP contribution in [-0.2, 0) is 0 Å². The van der Waals surface area contributed by atoms with E-state index in [1.165, 1.54) is 38.5 Å². The summed E-state index contributed by atoms with van der Waals surface area (Å²) in [7, 11) is 0. The summed E-state index contributed by atoms with van der Waals surface area (Å²) < 4.78 is 5.83. The first-order chi connectivity index (χ1) is 16.0. The number of carbonyl (C=O) groups excluding carboxylic acids is 1. The van der Waals surface area contributed by atoms with Gasteiger partial charge in [0.1, 0.15) is 10.7 Å². The van der Waals surface area contributed by atoms with E-state index < -0.39 is 0 Å². The van der Waals surface area contributed by atoms with Gasteiger partial charge in [0.05, 0.1) is 6.61 Å². The van der Waals surface area contributed by atoms with E-state index >= 15 is 0 Å². The van der Waals surface area contributed by atoms with E-state index in [0.29, 0.717) is 10.6 Å². The van der Waals surface area contributed by atoms with Crippen LogP contribution in [0.15, 0.2) is 42.5 Å². The normalized spacial score (nSPS) is 10.6. The molecule has 1 amide bonds. The van der Waals surface area contributed by atoms with Crippen LogP contribution in [0.1, 0.15) is 73.4 Å². The number of nitrogens with one attached hydrogen (secondary N) is 2. The fourth-order valence-corrected chi connectivity index (χ4v) is 3.95. The molecule has 0 aliphatic carbocycles. The summed E-state index contributed by atoms with van der Waals surface area (Å²) in [6.45, 7) is 5.76. The zero-order chi connectivity index (χ0) is 23.9. The Bertz CT molecular complexity index is 869. The Morgan fingerprint density at radius 2 is 1.64 bits per heavy atom. The predicted octanol–water partition coefficient (Wildman–Crippen LogP) is 7.00. The van der Waals surface area contributed by atoms with Crippen LogP contribution in [0.3, 0.4) is 0 Å². The number of rotatable bonds is 15. The van der Waals surface area contributed by atoms with E-state index in [1.54, 1.807) is 11.8 Å². The molecule has 0 saturated heterocycles. The number of benzene rings is 2. The SMILES string of the molecule is CCCCCCCCCOc1ccc(C(=O)Nc2cc(C(=S)NCCSC)ccc2C)cc1. The maximum absolute atomic E-state index is 12.8. The lowest BCUT2D eigenvalue weighted by atomic mass is 10.1. The number of aryl methyl sites for hydroxylation is 1. The highest BCUT2D eigenvalue weighted by Crippen LogP contribution is 2.20. The molecule has 0 atom stereocenters. The maximum Gasteiger partial charge on any atom is 0.255 e. The van der Waals surface area contributed by atoms with Crippen molar-refractivity contribution in [1.82, 2.24) is 5.32 Å². The van der Waals surface area contributed by atoms with Gasteiger partial charge >= 0.3 is 0 Å². The van der Waals surface area contributed by atoms with Crippen molar-refractivity contribution >= 4 is 40.6 Å². The molecule has 0 bridgehead atoms. The van der Waals surface area contributed by atoms with Crippen LogP contribution < -0.4 is 15.4 Å². The second kappa shape index (κ2) is 15.7. The first-order valence-corrected chi connectivity index (χ1v) is 13.8. The summed E-state index contributed by atoms with van der Waals surface area (Å²) >= 11 is 7.26. The molecule has 0 saturated carbocycles. The number of hydrogen-bond donors (Lipinski definition) is 2. The Morgan fingerprint density at radius 3 is 2.33 bits per heavy atom. The van der Waals surface area contributed by atoms with E-state index in [-0.39, 0.29) is 5.91 Å². The number of carbonyl (C=O) groups is 1. The Kier molecular flexibility index (Phi) is 13.0. The van der Waals surface area contributed by atoms with Crippen molar-refractivity contribution in [2.75, 3.05) is 30.5 Å². The van der Waals surface area contributed by atoms with Gasteiger partial charge < -0.3 is 15.4 Å². The summed E-state index contributed by atoms with van der Waals surface area (Å²) in [6.07, 6.45) is 10.9. The van der Waals surface area contributed by atoms with Gasteiger partial charge in [-0.3, -0.25) is 4.79 Å². The molecule has 0 spiro atoms. The van der Waals surface area contributed by atoms with Crippen LogP contribution in [0, 0.1) is 6.92 Å². The molecular formula is C27H38N2O2S2. The molecule has 33 heavy (non-hydrogen) atoms. The monoisotopic (exact) mass is 486 g/mol. The predicted molar refractivity (Wildman–Crippen MR) is 147 cm³/mol. The number of amides is 1. The molecular weight excluding hydrogens is 448 g/mol. The minimum atomic E-state index is -0.143. The number of anilines is 1. The molecule has 2 rings (SSSR count). The Balaban J connectivity index is 1.83. The summed E-state index contributed by atoms with van der Waals surface area (Å²) in [6, 6.07) is 13.2. The molecule has 0 aromatic heterocycles. The highest BCUT2D eigenvalue weighted by molar-refractivity contribution is 7.98. The lowest BCUT2D eigenvalue weighted by Crippen LogP contribution is -2.25. The van der Waals surface area contributed by atoms with Gasteiger partial charge in [-0.05, 0) is 55.5 Å². The molecule has 0 aliphatic rings. The average molecular weight is 487 g/mol. The zero-order valence-corrected chi connectivity index (χ0v) is 21.9. The van der Waals surface area contributed by atoms with Crippen molar-refractivity contribution in [2.45, 2.75) is 58.8 Å². The van der Waals surface area contributed by atoms with E-state index in [0.717, 1.165) is 47.9 Å². The third-order valence-corrected chi connectivity index (χ3v) is 6.47. The fourth-order valence-electron chi connectivity index (χ4n) is 3.41. The van der Waals surface area contributed by atoms with Crippen molar-refractivity contribution in [3.63, 3.8) is 0 Å². The highest BCUT2D eigenvalue weighted by Gasteiger charge is 2.10. The molecule has 0 unspecified atom stereocenters. The minimum absolute atomic E-state index is 0.143. The van der Waals surface area contributed by atoms with Gasteiger partial charge in [0.2, 0.25) is 0 Å². The Hall–Kier alpha value is -2.05. The molecule has 0 fully saturated rings. The lowest BCUT2D eigenvalue weighted by molar-refractivity contribution is 0.102. The van der Waals surface area contributed by atoms with E-state index in [2.05, 4.69) is 23.8 Å². The topological polar surface area (TPSA) is 50.4 Å². The number of unbranched alkanes of at least 4 members (excludes halogenated alkanes) is 6. The Morgan fingerprint density at radius 1 is 0.970 bits per heavy atom. The summed E-state index contributed by atoms with van der Waals surface area (Å²) in [5, 5.41) is 6.28. The second-order valence-electron chi connectivity index (χ2n) is 8.23. The highest BCUT2D eigenvalue weighted by atomic mass is 32.2. The third-order valence-electron chi connectivity index (χ3n) is 5.47. The van der Waals surface area contributed by atoms with Crippen LogP contribution in [0.2, 0.25) is 0 Å². The molecule has 2 aromatic rings. The molecule has 0 radical (unpaired) electrons.